The zero-order chi connectivity index (χ0) is 13.8. The molecule has 0 saturated heterocycles. The Morgan fingerprint density at radius 2 is 1.61 bits per heavy atom. The van der Waals surface area contributed by atoms with Gasteiger partial charge in [-0.25, -0.2) is 0 Å². The van der Waals surface area contributed by atoms with Gasteiger partial charge in [0.1, 0.15) is 0 Å². The first-order valence-electron chi connectivity index (χ1n) is 5.87. The maximum absolute atomic E-state index is 12.2. The number of rotatable bonds is 6. The molecule has 0 atom stereocenters. The lowest BCUT2D eigenvalue weighted by Crippen LogP contribution is -2.41. The minimum absolute atomic E-state index is 0.381. The summed E-state index contributed by atoms with van der Waals surface area (Å²) in [5.41, 5.74) is 0.969. The highest BCUT2D eigenvalue weighted by molar-refractivity contribution is 9.10. The third-order valence-corrected chi connectivity index (χ3v) is 5.36. The molecule has 4 nitrogen and oxygen atoms in total. The van der Waals surface area contributed by atoms with Crippen molar-refractivity contribution < 1.29 is 8.42 Å². The monoisotopic (exact) mass is 334 g/mol. The zero-order valence-electron chi connectivity index (χ0n) is 10.9. The molecule has 6 heteroatoms. The zero-order valence-corrected chi connectivity index (χ0v) is 13.3. The van der Waals surface area contributed by atoms with Gasteiger partial charge in [0.2, 0.25) is 0 Å². The predicted molar refractivity (Wildman–Crippen MR) is 77.4 cm³/mol. The van der Waals surface area contributed by atoms with E-state index < -0.39 is 10.2 Å². The fourth-order valence-electron chi connectivity index (χ4n) is 1.68. The first kappa shape index (κ1) is 15.6. The Labute approximate surface area is 118 Å². The second kappa shape index (κ2) is 6.65. The molecule has 0 bridgehead atoms. The minimum atomic E-state index is -3.35. The summed E-state index contributed by atoms with van der Waals surface area (Å²) < 4.78 is 28.2. The fraction of sp³-hybridized carbons (Fsp3) is 0.500. The lowest BCUT2D eigenvalue weighted by Gasteiger charge is -2.25. The molecule has 1 aromatic carbocycles. The molecule has 0 fully saturated rings. The Morgan fingerprint density at radius 1 is 1.11 bits per heavy atom. The van der Waals surface area contributed by atoms with Gasteiger partial charge in [-0.1, -0.05) is 41.9 Å². The molecule has 0 amide bonds. The van der Waals surface area contributed by atoms with E-state index in [9.17, 15) is 8.42 Å². The third-order valence-electron chi connectivity index (χ3n) is 2.74. The highest BCUT2D eigenvalue weighted by Gasteiger charge is 2.24. The van der Waals surface area contributed by atoms with Crippen LogP contribution < -0.4 is 0 Å². The van der Waals surface area contributed by atoms with Crippen molar-refractivity contribution in [2.24, 2.45) is 0 Å². The van der Waals surface area contributed by atoms with Crippen LogP contribution in [0.4, 0.5) is 0 Å². The Morgan fingerprint density at radius 3 is 2.06 bits per heavy atom. The molecule has 0 spiro atoms. The van der Waals surface area contributed by atoms with Crippen molar-refractivity contribution in [1.29, 1.82) is 0 Å². The predicted octanol–water partition coefficient (Wildman–Crippen LogP) is 2.47. The lowest BCUT2D eigenvalue weighted by atomic mass is 10.2. The van der Waals surface area contributed by atoms with Crippen molar-refractivity contribution in [3.63, 3.8) is 0 Å². The van der Waals surface area contributed by atoms with E-state index in [0.29, 0.717) is 19.6 Å². The Bertz CT molecular complexity index is 469. The molecule has 0 N–H and O–H groups in total. The van der Waals surface area contributed by atoms with Crippen molar-refractivity contribution in [2.45, 2.75) is 20.4 Å². The van der Waals surface area contributed by atoms with E-state index in [1.54, 1.807) is 7.05 Å². The molecule has 18 heavy (non-hydrogen) atoms. The molecule has 0 aliphatic heterocycles. The minimum Gasteiger partial charge on any atom is -0.195 e. The van der Waals surface area contributed by atoms with E-state index in [1.807, 2.05) is 38.1 Å². The summed E-state index contributed by atoms with van der Waals surface area (Å²) in [5, 5.41) is 0. The normalized spacial score (nSPS) is 12.3. The van der Waals surface area contributed by atoms with E-state index in [-0.39, 0.29) is 0 Å². The standard InChI is InChI=1S/C12H19BrN2O2S/c1-4-15(5-2)18(16,17)14(3)10-11-6-8-12(13)9-7-11/h6-9H,4-5,10H2,1-3H3. The smallest absolute Gasteiger partial charge is 0.195 e. The van der Waals surface area contributed by atoms with Gasteiger partial charge in [-0.3, -0.25) is 0 Å². The van der Waals surface area contributed by atoms with Gasteiger partial charge in [0.25, 0.3) is 10.2 Å². The molecule has 102 valence electrons. The van der Waals surface area contributed by atoms with Crippen LogP contribution in [0.1, 0.15) is 19.4 Å². The molecule has 0 aromatic heterocycles. The van der Waals surface area contributed by atoms with Crippen molar-refractivity contribution >= 4 is 26.1 Å². The average molecular weight is 335 g/mol. The second-order valence-electron chi connectivity index (χ2n) is 3.97. The maximum Gasteiger partial charge on any atom is 0.282 e. The molecule has 0 aliphatic rings. The van der Waals surface area contributed by atoms with Gasteiger partial charge in [0.15, 0.2) is 0 Å². The fourth-order valence-corrected chi connectivity index (χ4v) is 3.30. The first-order chi connectivity index (χ1) is 8.41. The molecule has 1 rings (SSSR count). The van der Waals surface area contributed by atoms with Crippen LogP contribution in [0.2, 0.25) is 0 Å². The summed E-state index contributed by atoms with van der Waals surface area (Å²) in [6, 6.07) is 7.65. The number of hydrogen-bond acceptors (Lipinski definition) is 2. The number of nitrogens with zero attached hydrogens (tertiary/aromatic N) is 2. The number of halogens is 1. The van der Waals surface area contributed by atoms with Crippen molar-refractivity contribution in [3.8, 4) is 0 Å². The Balaban J connectivity index is 2.81. The molecule has 0 heterocycles. The van der Waals surface area contributed by atoms with Gasteiger partial charge >= 0.3 is 0 Å². The van der Waals surface area contributed by atoms with Crippen LogP contribution in [0.5, 0.6) is 0 Å². The Kier molecular flexibility index (Phi) is 5.78. The first-order valence-corrected chi connectivity index (χ1v) is 8.06. The highest BCUT2D eigenvalue weighted by Crippen LogP contribution is 2.14. The molecule has 0 aliphatic carbocycles. The van der Waals surface area contributed by atoms with Crippen LogP contribution in [0.3, 0.4) is 0 Å². The summed E-state index contributed by atoms with van der Waals surface area (Å²) in [4.78, 5) is 0. The second-order valence-corrected chi connectivity index (χ2v) is 6.93. The van der Waals surface area contributed by atoms with Crippen molar-refractivity contribution in [2.75, 3.05) is 20.1 Å². The summed E-state index contributed by atoms with van der Waals surface area (Å²) in [5.74, 6) is 0. The third kappa shape index (κ3) is 3.78. The number of benzene rings is 1. The molecule has 0 unspecified atom stereocenters. The molecule has 0 radical (unpaired) electrons. The van der Waals surface area contributed by atoms with Crippen LogP contribution in [-0.4, -0.2) is 37.2 Å². The van der Waals surface area contributed by atoms with Crippen molar-refractivity contribution in [3.05, 3.63) is 34.3 Å². The SMILES string of the molecule is CCN(CC)S(=O)(=O)N(C)Cc1ccc(Br)cc1. The molecule has 1 aromatic rings. The van der Waals surface area contributed by atoms with E-state index >= 15 is 0 Å². The highest BCUT2D eigenvalue weighted by atomic mass is 79.9. The van der Waals surface area contributed by atoms with Crippen LogP contribution in [0.25, 0.3) is 0 Å². The van der Waals surface area contributed by atoms with Gasteiger partial charge in [0.05, 0.1) is 0 Å². The van der Waals surface area contributed by atoms with E-state index in [1.165, 1.54) is 8.61 Å². The van der Waals surface area contributed by atoms with Gasteiger partial charge in [0, 0.05) is 31.2 Å². The Hall–Kier alpha value is -0.430. The number of hydrogen-bond donors (Lipinski definition) is 0. The summed E-state index contributed by atoms with van der Waals surface area (Å²) >= 11 is 3.36. The maximum atomic E-state index is 12.2. The van der Waals surface area contributed by atoms with Crippen LogP contribution in [0.15, 0.2) is 28.7 Å². The summed E-state index contributed by atoms with van der Waals surface area (Å²) in [7, 11) is -1.75. The average Bonchev–Trinajstić information content (AvgIpc) is 2.33. The molecular weight excluding hydrogens is 316 g/mol. The molecular formula is C12H19BrN2O2S. The molecule has 0 saturated carbocycles. The lowest BCUT2D eigenvalue weighted by molar-refractivity contribution is 0.375. The van der Waals surface area contributed by atoms with Crippen LogP contribution in [0, 0.1) is 0 Å². The van der Waals surface area contributed by atoms with E-state index in [2.05, 4.69) is 15.9 Å². The van der Waals surface area contributed by atoms with Gasteiger partial charge in [-0.2, -0.15) is 17.0 Å². The van der Waals surface area contributed by atoms with E-state index in [4.69, 9.17) is 0 Å². The van der Waals surface area contributed by atoms with E-state index in [0.717, 1.165) is 10.0 Å². The summed E-state index contributed by atoms with van der Waals surface area (Å²) in [6.45, 7) is 5.04. The van der Waals surface area contributed by atoms with Crippen LogP contribution >= 0.6 is 15.9 Å². The van der Waals surface area contributed by atoms with Gasteiger partial charge < -0.3 is 0 Å². The van der Waals surface area contributed by atoms with Gasteiger partial charge in [-0.05, 0) is 17.7 Å². The topological polar surface area (TPSA) is 40.6 Å². The largest absolute Gasteiger partial charge is 0.282 e. The summed E-state index contributed by atoms with van der Waals surface area (Å²) in [6.07, 6.45) is 0. The van der Waals surface area contributed by atoms with Gasteiger partial charge in [-0.15, -0.1) is 0 Å². The van der Waals surface area contributed by atoms with Crippen LogP contribution in [-0.2, 0) is 16.8 Å². The van der Waals surface area contributed by atoms with Crippen molar-refractivity contribution in [1.82, 2.24) is 8.61 Å². The quantitative estimate of drug-likeness (QED) is 0.801.